The SMILES string of the molecule is CC[C@@H](c1cccc(Br)n1)N1C(=O)[C@](C)(CC(=O)O)C[C@H](c2cccc(Cl)c2)[C@H]1c1ccc(Cl)cc1. The third kappa shape index (κ3) is 5.46. The van der Waals surface area contributed by atoms with Gasteiger partial charge in [-0.2, -0.15) is 0 Å². The van der Waals surface area contributed by atoms with E-state index in [1.165, 1.54) is 0 Å². The fraction of sp³-hybridized carbons (Fsp3) is 0.321. The van der Waals surface area contributed by atoms with Crippen LogP contribution < -0.4 is 0 Å². The van der Waals surface area contributed by atoms with Crippen molar-refractivity contribution in [1.82, 2.24) is 9.88 Å². The van der Waals surface area contributed by atoms with Crippen molar-refractivity contribution in [2.24, 2.45) is 5.41 Å². The highest BCUT2D eigenvalue weighted by atomic mass is 79.9. The van der Waals surface area contributed by atoms with E-state index in [9.17, 15) is 14.7 Å². The Kier molecular flexibility index (Phi) is 8.08. The lowest BCUT2D eigenvalue weighted by molar-refractivity contribution is -0.161. The molecular formula is C28H27BrCl2N2O3. The van der Waals surface area contributed by atoms with E-state index < -0.39 is 11.4 Å². The van der Waals surface area contributed by atoms with Gasteiger partial charge in [0.25, 0.3) is 0 Å². The molecular weight excluding hydrogens is 563 g/mol. The minimum atomic E-state index is -1.11. The summed E-state index contributed by atoms with van der Waals surface area (Å²) in [6, 6.07) is 20.0. The molecule has 0 bridgehead atoms. The molecule has 1 fully saturated rings. The number of hydrogen-bond donors (Lipinski definition) is 1. The monoisotopic (exact) mass is 588 g/mol. The third-order valence-corrected chi connectivity index (χ3v) is 7.86. The molecule has 3 aromatic rings. The maximum absolute atomic E-state index is 14.3. The van der Waals surface area contributed by atoms with Crippen molar-refractivity contribution in [2.45, 2.75) is 51.1 Å². The molecule has 188 valence electrons. The lowest BCUT2D eigenvalue weighted by atomic mass is 9.67. The molecule has 36 heavy (non-hydrogen) atoms. The Balaban J connectivity index is 1.96. The number of likely N-dealkylation sites (tertiary alicyclic amines) is 1. The van der Waals surface area contributed by atoms with Gasteiger partial charge in [-0.1, -0.05) is 67.4 Å². The van der Waals surface area contributed by atoms with Crippen molar-refractivity contribution in [2.75, 3.05) is 0 Å². The van der Waals surface area contributed by atoms with Crippen molar-refractivity contribution in [1.29, 1.82) is 0 Å². The van der Waals surface area contributed by atoms with Crippen LogP contribution in [0.2, 0.25) is 10.0 Å². The van der Waals surface area contributed by atoms with E-state index in [-0.39, 0.29) is 30.3 Å². The van der Waals surface area contributed by atoms with E-state index in [1.807, 2.05) is 78.6 Å². The molecule has 1 amide bonds. The van der Waals surface area contributed by atoms with Crippen LogP contribution in [0.5, 0.6) is 0 Å². The normalized spacial score (nSPS) is 22.9. The zero-order valence-corrected chi connectivity index (χ0v) is 23.1. The second-order valence-corrected chi connectivity index (χ2v) is 11.2. The van der Waals surface area contributed by atoms with Crippen LogP contribution in [0.4, 0.5) is 0 Å². The summed E-state index contributed by atoms with van der Waals surface area (Å²) in [4.78, 5) is 32.8. The lowest BCUT2D eigenvalue weighted by Gasteiger charge is -2.51. The van der Waals surface area contributed by atoms with Gasteiger partial charge in [0, 0.05) is 16.0 Å². The van der Waals surface area contributed by atoms with Crippen molar-refractivity contribution >= 4 is 51.0 Å². The van der Waals surface area contributed by atoms with Crippen LogP contribution in [0.25, 0.3) is 0 Å². The number of aromatic nitrogens is 1. The molecule has 4 atom stereocenters. The first-order valence-electron chi connectivity index (χ1n) is 11.8. The quantitative estimate of drug-likeness (QED) is 0.285. The number of aliphatic carboxylic acids is 1. The molecule has 8 heteroatoms. The fourth-order valence-electron chi connectivity index (χ4n) is 5.38. The van der Waals surface area contributed by atoms with Gasteiger partial charge in [0.05, 0.1) is 29.6 Å². The summed E-state index contributed by atoms with van der Waals surface area (Å²) >= 11 is 16.1. The number of hydrogen-bond acceptors (Lipinski definition) is 3. The van der Waals surface area contributed by atoms with Crippen LogP contribution in [-0.4, -0.2) is 26.9 Å². The molecule has 0 radical (unpaired) electrons. The number of carboxylic acids is 1. The first kappa shape index (κ1) is 26.6. The van der Waals surface area contributed by atoms with Crippen LogP contribution in [-0.2, 0) is 9.59 Å². The summed E-state index contributed by atoms with van der Waals surface area (Å²) in [5.41, 5.74) is 1.50. The second-order valence-electron chi connectivity index (χ2n) is 9.51. The van der Waals surface area contributed by atoms with E-state index in [0.29, 0.717) is 27.5 Å². The standard InChI is InChI=1S/C28H27BrCl2N2O3/c1-3-23(22-8-5-9-24(29)32-22)33-26(17-10-12-19(30)13-11-17)21(18-6-4-7-20(31)14-18)15-28(2,27(33)36)16-25(34)35/h4-14,21,23,26H,3,15-16H2,1-2H3,(H,34,35)/t21-,23+,26-,28+/m1/s1. The zero-order chi connectivity index (χ0) is 26.0. The first-order valence-corrected chi connectivity index (χ1v) is 13.4. The number of nitrogens with zero attached hydrogens (tertiary/aromatic N) is 2. The molecule has 2 aromatic carbocycles. The summed E-state index contributed by atoms with van der Waals surface area (Å²) in [6.07, 6.45) is 0.699. The average molecular weight is 590 g/mol. The van der Waals surface area contributed by atoms with E-state index >= 15 is 0 Å². The van der Waals surface area contributed by atoms with Crippen LogP contribution in [0, 0.1) is 5.41 Å². The van der Waals surface area contributed by atoms with Gasteiger partial charge in [0.15, 0.2) is 0 Å². The Labute approximate surface area is 229 Å². The van der Waals surface area contributed by atoms with Gasteiger partial charge in [-0.25, -0.2) is 4.98 Å². The molecule has 4 rings (SSSR count). The fourth-order valence-corrected chi connectivity index (χ4v) is 6.06. The molecule has 0 unspecified atom stereocenters. The molecule has 1 saturated heterocycles. The molecule has 0 aliphatic carbocycles. The summed E-state index contributed by atoms with van der Waals surface area (Å²) in [5, 5.41) is 11.0. The Hall–Kier alpha value is -2.41. The van der Waals surface area contributed by atoms with Gasteiger partial charge < -0.3 is 10.0 Å². The van der Waals surface area contributed by atoms with Crippen LogP contribution in [0.15, 0.2) is 71.3 Å². The smallest absolute Gasteiger partial charge is 0.304 e. The van der Waals surface area contributed by atoms with Crippen molar-refractivity contribution in [3.63, 3.8) is 0 Å². The lowest BCUT2D eigenvalue weighted by Crippen LogP contribution is -2.53. The predicted octanol–water partition coefficient (Wildman–Crippen LogP) is 7.84. The highest BCUT2D eigenvalue weighted by Gasteiger charge is 2.52. The minimum Gasteiger partial charge on any atom is -0.481 e. The zero-order valence-electron chi connectivity index (χ0n) is 20.0. The third-order valence-electron chi connectivity index (χ3n) is 6.93. The number of benzene rings is 2. The maximum Gasteiger partial charge on any atom is 0.304 e. The number of piperidine rings is 1. The van der Waals surface area contributed by atoms with E-state index in [0.717, 1.165) is 16.8 Å². The molecule has 1 N–H and O–H groups in total. The van der Waals surface area contributed by atoms with Crippen molar-refractivity contribution < 1.29 is 14.7 Å². The highest BCUT2D eigenvalue weighted by molar-refractivity contribution is 9.10. The van der Waals surface area contributed by atoms with Crippen molar-refractivity contribution in [3.05, 3.63) is 98.2 Å². The van der Waals surface area contributed by atoms with Crippen LogP contribution in [0.3, 0.4) is 0 Å². The molecule has 1 aromatic heterocycles. The Morgan fingerprint density at radius 3 is 2.42 bits per heavy atom. The van der Waals surface area contributed by atoms with Gasteiger partial charge >= 0.3 is 5.97 Å². The van der Waals surface area contributed by atoms with Crippen LogP contribution >= 0.6 is 39.1 Å². The topological polar surface area (TPSA) is 70.5 Å². The maximum atomic E-state index is 14.3. The van der Waals surface area contributed by atoms with Crippen molar-refractivity contribution in [3.8, 4) is 0 Å². The number of rotatable bonds is 7. The van der Waals surface area contributed by atoms with Gasteiger partial charge in [-0.3, -0.25) is 9.59 Å². The number of pyridine rings is 1. The molecule has 0 saturated carbocycles. The van der Waals surface area contributed by atoms with Gasteiger partial charge in [0.1, 0.15) is 4.60 Å². The summed E-state index contributed by atoms with van der Waals surface area (Å²) in [7, 11) is 0. The Morgan fingerprint density at radius 1 is 1.11 bits per heavy atom. The van der Waals surface area contributed by atoms with Crippen LogP contribution in [0.1, 0.15) is 67.9 Å². The number of carbonyl (C=O) groups is 2. The number of carbonyl (C=O) groups excluding carboxylic acids is 1. The number of amides is 1. The second kappa shape index (κ2) is 10.9. The van der Waals surface area contributed by atoms with Gasteiger partial charge in [-0.05, 0) is 76.3 Å². The summed E-state index contributed by atoms with van der Waals surface area (Å²) in [5.74, 6) is -1.40. The molecule has 0 spiro atoms. The minimum absolute atomic E-state index is 0.197. The predicted molar refractivity (Wildman–Crippen MR) is 145 cm³/mol. The molecule has 5 nitrogen and oxygen atoms in total. The Morgan fingerprint density at radius 2 is 1.81 bits per heavy atom. The summed E-state index contributed by atoms with van der Waals surface area (Å²) < 4.78 is 0.672. The Bertz CT molecular complexity index is 1270. The van der Waals surface area contributed by atoms with Gasteiger partial charge in [-0.15, -0.1) is 0 Å². The van der Waals surface area contributed by atoms with E-state index in [1.54, 1.807) is 6.92 Å². The summed E-state index contributed by atoms with van der Waals surface area (Å²) in [6.45, 7) is 3.77. The van der Waals surface area contributed by atoms with E-state index in [2.05, 4.69) is 20.9 Å². The number of halogens is 3. The largest absolute Gasteiger partial charge is 0.481 e. The van der Waals surface area contributed by atoms with E-state index in [4.69, 9.17) is 23.2 Å². The molecule has 1 aliphatic heterocycles. The highest BCUT2D eigenvalue weighted by Crippen LogP contribution is 2.54. The van der Waals surface area contributed by atoms with Gasteiger partial charge in [0.2, 0.25) is 5.91 Å². The average Bonchev–Trinajstić information content (AvgIpc) is 2.82. The molecule has 1 aliphatic rings. The number of carboxylic acid groups (broad SMARTS) is 1. The molecule has 2 heterocycles. The first-order chi connectivity index (χ1) is 17.1.